The van der Waals surface area contributed by atoms with Crippen LogP contribution in [0.2, 0.25) is 0 Å². The van der Waals surface area contributed by atoms with E-state index in [9.17, 15) is 27.8 Å². The fourth-order valence-electron chi connectivity index (χ4n) is 6.18. The number of nitrogens with zero attached hydrogens (tertiary/aromatic N) is 2. The first-order valence-corrected chi connectivity index (χ1v) is 11.3. The van der Waals surface area contributed by atoms with Gasteiger partial charge in [0, 0.05) is 10.8 Å². The summed E-state index contributed by atoms with van der Waals surface area (Å²) in [4.78, 5) is 0. The number of rotatable bonds is 2. The van der Waals surface area contributed by atoms with E-state index in [0.29, 0.717) is 31.4 Å². The first kappa shape index (κ1) is 22.3. The molecule has 2 aliphatic carbocycles. The Bertz CT molecular complexity index is 1190. The predicted molar refractivity (Wildman–Crippen MR) is 116 cm³/mol. The molecule has 0 saturated heterocycles. The SMILES string of the molecule is CCC12CCC(O)(C(F)(F)F)C(O)C1CCCc1cc3c(cnn3-c3ccc(F)cc3)cc12. The highest BCUT2D eigenvalue weighted by atomic mass is 19.4. The van der Waals surface area contributed by atoms with Crippen LogP contribution < -0.4 is 0 Å². The normalized spacial score (nSPS) is 30.0. The Kier molecular flexibility index (Phi) is 5.10. The van der Waals surface area contributed by atoms with Crippen molar-refractivity contribution in [3.05, 3.63) is 59.5 Å². The third kappa shape index (κ3) is 3.21. The Morgan fingerprint density at radius 3 is 2.55 bits per heavy atom. The maximum Gasteiger partial charge on any atom is 0.419 e. The molecule has 176 valence electrons. The van der Waals surface area contributed by atoms with E-state index in [1.54, 1.807) is 23.0 Å². The maximum atomic E-state index is 13.7. The molecule has 4 atom stereocenters. The van der Waals surface area contributed by atoms with Crippen molar-refractivity contribution >= 4 is 10.9 Å². The van der Waals surface area contributed by atoms with E-state index in [2.05, 4.69) is 5.10 Å². The number of aliphatic hydroxyl groups is 2. The van der Waals surface area contributed by atoms with Crippen LogP contribution in [-0.2, 0) is 11.8 Å². The van der Waals surface area contributed by atoms with E-state index in [1.807, 2.05) is 19.1 Å². The fraction of sp³-hybridized carbons (Fsp3) is 0.480. The number of hydrogen-bond acceptors (Lipinski definition) is 3. The standard InChI is InChI=1S/C25H26F4N2O2/c1-2-23-10-11-24(33,25(27,28)29)22(32)19(23)5-3-4-15-13-21-16(12-20(15)23)14-30-31(21)18-8-6-17(26)7-9-18/h6-9,12-14,19,22,32-33H,2-5,10-11H2,1H3. The molecule has 2 aromatic carbocycles. The van der Waals surface area contributed by atoms with Gasteiger partial charge < -0.3 is 10.2 Å². The number of hydrogen-bond donors (Lipinski definition) is 2. The third-order valence-corrected chi connectivity index (χ3v) is 8.02. The van der Waals surface area contributed by atoms with Crippen molar-refractivity contribution in [3.8, 4) is 5.69 Å². The highest BCUT2D eigenvalue weighted by Gasteiger charge is 2.66. The van der Waals surface area contributed by atoms with Crippen molar-refractivity contribution in [2.45, 2.75) is 68.7 Å². The van der Waals surface area contributed by atoms with E-state index < -0.39 is 35.6 Å². The smallest absolute Gasteiger partial charge is 0.389 e. The summed E-state index contributed by atoms with van der Waals surface area (Å²) in [6.07, 6.45) is -3.21. The number of halogens is 4. The van der Waals surface area contributed by atoms with E-state index >= 15 is 0 Å². The molecule has 2 N–H and O–H groups in total. The first-order chi connectivity index (χ1) is 15.6. The van der Waals surface area contributed by atoms with E-state index in [4.69, 9.17) is 0 Å². The van der Waals surface area contributed by atoms with Crippen LogP contribution in [0.4, 0.5) is 17.6 Å². The van der Waals surface area contributed by atoms with Gasteiger partial charge in [-0.3, -0.25) is 0 Å². The van der Waals surface area contributed by atoms with Crippen LogP contribution in [0.1, 0.15) is 50.2 Å². The van der Waals surface area contributed by atoms with Crippen molar-refractivity contribution in [2.75, 3.05) is 0 Å². The van der Waals surface area contributed by atoms with Crippen LogP contribution in [0.15, 0.2) is 42.6 Å². The quantitative estimate of drug-likeness (QED) is 0.514. The monoisotopic (exact) mass is 462 g/mol. The van der Waals surface area contributed by atoms with Crippen LogP contribution in [0.5, 0.6) is 0 Å². The molecule has 0 amide bonds. The van der Waals surface area contributed by atoms with E-state index in [0.717, 1.165) is 22.0 Å². The van der Waals surface area contributed by atoms with Gasteiger partial charge in [-0.2, -0.15) is 18.3 Å². The minimum absolute atomic E-state index is 0.145. The Labute approximate surface area is 188 Å². The van der Waals surface area contributed by atoms with Gasteiger partial charge in [0.1, 0.15) is 5.82 Å². The van der Waals surface area contributed by atoms with Gasteiger partial charge in [0.05, 0.1) is 23.5 Å². The lowest BCUT2D eigenvalue weighted by molar-refractivity contribution is -0.314. The van der Waals surface area contributed by atoms with Gasteiger partial charge in [0.15, 0.2) is 5.60 Å². The summed E-state index contributed by atoms with van der Waals surface area (Å²) < 4.78 is 56.2. The van der Waals surface area contributed by atoms with Gasteiger partial charge >= 0.3 is 6.18 Å². The molecule has 0 spiro atoms. The molecule has 8 heteroatoms. The largest absolute Gasteiger partial charge is 0.419 e. The zero-order chi connectivity index (χ0) is 23.6. The zero-order valence-corrected chi connectivity index (χ0v) is 18.2. The summed E-state index contributed by atoms with van der Waals surface area (Å²) in [5, 5.41) is 26.6. The molecule has 1 heterocycles. The topological polar surface area (TPSA) is 58.3 Å². The lowest BCUT2D eigenvalue weighted by Gasteiger charge is -2.53. The van der Waals surface area contributed by atoms with Gasteiger partial charge in [-0.05, 0) is 92.0 Å². The second-order valence-electron chi connectivity index (χ2n) is 9.48. The number of aryl methyl sites for hydroxylation is 1. The summed E-state index contributed by atoms with van der Waals surface area (Å²) in [6, 6.07) is 10.0. The van der Waals surface area contributed by atoms with Crippen LogP contribution in [-0.4, -0.2) is 37.9 Å². The fourth-order valence-corrected chi connectivity index (χ4v) is 6.18. The number of aliphatic hydroxyl groups excluding tert-OH is 1. The number of alkyl halides is 3. The van der Waals surface area contributed by atoms with Gasteiger partial charge in [0.2, 0.25) is 0 Å². The Morgan fingerprint density at radius 2 is 1.88 bits per heavy atom. The van der Waals surface area contributed by atoms with E-state index in [1.165, 1.54) is 12.1 Å². The summed E-state index contributed by atoms with van der Waals surface area (Å²) >= 11 is 0. The number of fused-ring (bicyclic) bond motifs is 4. The molecule has 0 aliphatic heterocycles. The molecular weight excluding hydrogens is 436 g/mol. The van der Waals surface area contributed by atoms with Crippen LogP contribution in [0.25, 0.3) is 16.6 Å². The molecule has 5 rings (SSSR count). The van der Waals surface area contributed by atoms with Gasteiger partial charge in [-0.25, -0.2) is 9.07 Å². The summed E-state index contributed by atoms with van der Waals surface area (Å²) in [7, 11) is 0. The van der Waals surface area contributed by atoms with Gasteiger partial charge in [-0.1, -0.05) is 6.92 Å². The van der Waals surface area contributed by atoms with Crippen molar-refractivity contribution in [2.24, 2.45) is 5.92 Å². The lowest BCUT2D eigenvalue weighted by atomic mass is 9.55. The molecule has 1 fully saturated rings. The first-order valence-electron chi connectivity index (χ1n) is 11.3. The van der Waals surface area contributed by atoms with Gasteiger partial charge in [-0.15, -0.1) is 0 Å². The maximum absolute atomic E-state index is 13.7. The molecule has 4 unspecified atom stereocenters. The van der Waals surface area contributed by atoms with Crippen LogP contribution in [0, 0.1) is 11.7 Å². The van der Waals surface area contributed by atoms with Crippen LogP contribution >= 0.6 is 0 Å². The molecule has 2 aliphatic rings. The molecule has 1 saturated carbocycles. The van der Waals surface area contributed by atoms with Crippen molar-refractivity contribution < 1.29 is 27.8 Å². The molecule has 0 radical (unpaired) electrons. The van der Waals surface area contributed by atoms with Crippen LogP contribution in [0.3, 0.4) is 0 Å². The van der Waals surface area contributed by atoms with E-state index in [-0.39, 0.29) is 12.2 Å². The zero-order valence-electron chi connectivity index (χ0n) is 18.2. The summed E-state index contributed by atoms with van der Waals surface area (Å²) in [5.41, 5.74) is -0.213. The number of aromatic nitrogens is 2. The molecule has 33 heavy (non-hydrogen) atoms. The average Bonchev–Trinajstić information content (AvgIpc) is 3.11. The minimum atomic E-state index is -4.89. The number of benzene rings is 2. The Hall–Kier alpha value is -2.45. The highest BCUT2D eigenvalue weighted by Crippen LogP contribution is 2.57. The summed E-state index contributed by atoms with van der Waals surface area (Å²) in [5.74, 6) is -1.04. The molecule has 1 aromatic heterocycles. The highest BCUT2D eigenvalue weighted by molar-refractivity contribution is 5.82. The van der Waals surface area contributed by atoms with Crippen molar-refractivity contribution in [1.29, 1.82) is 0 Å². The molecule has 4 nitrogen and oxygen atoms in total. The van der Waals surface area contributed by atoms with Crippen molar-refractivity contribution in [3.63, 3.8) is 0 Å². The average molecular weight is 462 g/mol. The summed E-state index contributed by atoms with van der Waals surface area (Å²) in [6.45, 7) is 1.94. The minimum Gasteiger partial charge on any atom is -0.389 e. The van der Waals surface area contributed by atoms with Gasteiger partial charge in [0.25, 0.3) is 0 Å². The molecule has 3 aromatic rings. The second kappa shape index (κ2) is 7.53. The lowest BCUT2D eigenvalue weighted by Crippen LogP contribution is -2.64. The van der Waals surface area contributed by atoms with Crippen molar-refractivity contribution in [1.82, 2.24) is 9.78 Å². The third-order valence-electron chi connectivity index (χ3n) is 8.02. The Balaban J connectivity index is 1.64. The predicted octanol–water partition coefficient (Wildman–Crippen LogP) is 5.21. The molecular formula is C25H26F4N2O2. The molecule has 0 bridgehead atoms. The Morgan fingerprint density at radius 1 is 1.15 bits per heavy atom. The second-order valence-corrected chi connectivity index (χ2v) is 9.48.